The summed E-state index contributed by atoms with van der Waals surface area (Å²) in [4.78, 5) is 10.6. The normalized spacial score (nSPS) is 20.0. The van der Waals surface area contributed by atoms with Crippen LogP contribution in [0.2, 0.25) is 0 Å². The maximum absolute atomic E-state index is 10.9. The summed E-state index contributed by atoms with van der Waals surface area (Å²) in [7, 11) is 0. The zero-order chi connectivity index (χ0) is 15.2. The molecule has 1 unspecified atom stereocenters. The van der Waals surface area contributed by atoms with Crippen LogP contribution in [0.1, 0.15) is 37.6 Å². The van der Waals surface area contributed by atoms with Gasteiger partial charge < -0.3 is 10.3 Å². The maximum Gasteiger partial charge on any atom is 0.271 e. The third kappa shape index (κ3) is 2.45. The quantitative estimate of drug-likeness (QED) is 0.679. The van der Waals surface area contributed by atoms with Crippen LogP contribution in [0.5, 0.6) is 0 Å². The van der Waals surface area contributed by atoms with E-state index in [9.17, 15) is 10.1 Å². The Morgan fingerprint density at radius 3 is 2.86 bits per heavy atom. The first kappa shape index (κ1) is 13.8. The smallest absolute Gasteiger partial charge is 0.271 e. The van der Waals surface area contributed by atoms with Gasteiger partial charge in [0, 0.05) is 30.1 Å². The Labute approximate surface area is 123 Å². The molecule has 1 heterocycles. The van der Waals surface area contributed by atoms with Crippen LogP contribution in [0.15, 0.2) is 36.5 Å². The van der Waals surface area contributed by atoms with Crippen LogP contribution in [0, 0.1) is 15.5 Å². The van der Waals surface area contributed by atoms with Crippen molar-refractivity contribution < 1.29 is 4.92 Å². The monoisotopic (exact) mass is 285 g/mol. The lowest BCUT2D eigenvalue weighted by atomic mass is 9.74. The largest absolute Gasteiger partial charge is 0.324 e. The number of nitro groups is 1. The topological polar surface area (TPSA) is 74.1 Å². The summed E-state index contributed by atoms with van der Waals surface area (Å²) < 4.78 is 2.03. The number of nitrogens with zero attached hydrogens (tertiary/aromatic N) is 2. The summed E-state index contributed by atoms with van der Waals surface area (Å²) in [5.74, 6) is 0. The molecule has 0 saturated carbocycles. The Balaban J connectivity index is 2.09. The fourth-order valence-electron chi connectivity index (χ4n) is 3.23. The predicted octanol–water partition coefficient (Wildman–Crippen LogP) is 3.36. The van der Waals surface area contributed by atoms with Crippen molar-refractivity contribution in [2.45, 2.75) is 32.7 Å². The van der Waals surface area contributed by atoms with E-state index in [4.69, 9.17) is 5.73 Å². The number of benzene rings is 1. The lowest BCUT2D eigenvalue weighted by Crippen LogP contribution is -2.30. The third-order valence-electron chi connectivity index (χ3n) is 4.16. The van der Waals surface area contributed by atoms with Crippen molar-refractivity contribution in [3.63, 3.8) is 0 Å². The molecule has 21 heavy (non-hydrogen) atoms. The van der Waals surface area contributed by atoms with Gasteiger partial charge in [-0.05, 0) is 36.0 Å². The molecule has 2 aromatic rings. The molecule has 1 aliphatic rings. The first-order chi connectivity index (χ1) is 9.87. The van der Waals surface area contributed by atoms with Gasteiger partial charge in [0.25, 0.3) is 5.69 Å². The van der Waals surface area contributed by atoms with Crippen LogP contribution >= 0.6 is 0 Å². The highest BCUT2D eigenvalue weighted by Crippen LogP contribution is 2.40. The minimum absolute atomic E-state index is 0.0312. The number of nitro benzene ring substituents is 1. The molecule has 0 aliphatic heterocycles. The van der Waals surface area contributed by atoms with Gasteiger partial charge in [0.15, 0.2) is 0 Å². The first-order valence-corrected chi connectivity index (χ1v) is 7.08. The number of nitrogens with two attached hydrogens (primary N) is 1. The van der Waals surface area contributed by atoms with Gasteiger partial charge in [0.2, 0.25) is 0 Å². The Kier molecular flexibility index (Phi) is 3.10. The van der Waals surface area contributed by atoms with Crippen molar-refractivity contribution in [2.24, 2.45) is 11.1 Å². The molecule has 0 amide bonds. The molecule has 0 saturated heterocycles. The summed E-state index contributed by atoms with van der Waals surface area (Å²) >= 11 is 0. The average Bonchev–Trinajstić information content (AvgIpc) is 2.81. The minimum Gasteiger partial charge on any atom is -0.324 e. The van der Waals surface area contributed by atoms with Crippen LogP contribution in [0.3, 0.4) is 0 Å². The molecule has 1 atom stereocenters. The molecule has 110 valence electrons. The minimum atomic E-state index is -0.366. The van der Waals surface area contributed by atoms with E-state index in [1.54, 1.807) is 12.1 Å². The fraction of sp³-hybridized carbons (Fsp3) is 0.375. The van der Waals surface area contributed by atoms with Gasteiger partial charge in [0.05, 0.1) is 10.6 Å². The van der Waals surface area contributed by atoms with Crippen LogP contribution in [-0.4, -0.2) is 9.49 Å². The van der Waals surface area contributed by atoms with E-state index in [0.29, 0.717) is 0 Å². The highest BCUT2D eigenvalue weighted by Gasteiger charge is 2.32. The van der Waals surface area contributed by atoms with E-state index >= 15 is 0 Å². The van der Waals surface area contributed by atoms with E-state index < -0.39 is 0 Å². The number of non-ortho nitro benzene ring substituents is 1. The Bertz CT molecular complexity index is 703. The SMILES string of the molecule is CC1(C)Cc2c(ccn2-c2cccc([N+](=O)[O-])c2)C(N)C1. The van der Waals surface area contributed by atoms with Crippen molar-refractivity contribution in [2.75, 3.05) is 0 Å². The van der Waals surface area contributed by atoms with Crippen molar-refractivity contribution in [1.29, 1.82) is 0 Å². The Hall–Kier alpha value is -2.14. The number of rotatable bonds is 2. The fourth-order valence-corrected chi connectivity index (χ4v) is 3.23. The summed E-state index contributed by atoms with van der Waals surface area (Å²) in [6.07, 6.45) is 3.84. The maximum atomic E-state index is 10.9. The number of hydrogen-bond donors (Lipinski definition) is 1. The van der Waals surface area contributed by atoms with Gasteiger partial charge in [-0.25, -0.2) is 0 Å². The zero-order valence-electron chi connectivity index (χ0n) is 12.2. The number of fused-ring (bicyclic) bond motifs is 1. The van der Waals surface area contributed by atoms with E-state index in [-0.39, 0.29) is 22.1 Å². The van der Waals surface area contributed by atoms with E-state index in [0.717, 1.165) is 24.1 Å². The third-order valence-corrected chi connectivity index (χ3v) is 4.16. The molecule has 3 rings (SSSR count). The van der Waals surface area contributed by atoms with Gasteiger partial charge in [-0.3, -0.25) is 10.1 Å². The van der Waals surface area contributed by atoms with Gasteiger partial charge in [-0.1, -0.05) is 19.9 Å². The van der Waals surface area contributed by atoms with Gasteiger partial charge in [-0.2, -0.15) is 0 Å². The molecule has 0 bridgehead atoms. The lowest BCUT2D eigenvalue weighted by Gasteiger charge is -2.34. The van der Waals surface area contributed by atoms with Crippen LogP contribution in [0.4, 0.5) is 5.69 Å². The molecular weight excluding hydrogens is 266 g/mol. The zero-order valence-corrected chi connectivity index (χ0v) is 12.2. The van der Waals surface area contributed by atoms with Gasteiger partial charge >= 0.3 is 0 Å². The first-order valence-electron chi connectivity index (χ1n) is 7.08. The Morgan fingerprint density at radius 2 is 2.14 bits per heavy atom. The summed E-state index contributed by atoms with van der Waals surface area (Å²) in [6, 6.07) is 8.79. The molecule has 0 spiro atoms. The van der Waals surface area contributed by atoms with Crippen molar-refractivity contribution in [3.05, 3.63) is 57.9 Å². The summed E-state index contributed by atoms with van der Waals surface area (Å²) in [5, 5.41) is 10.9. The standard InChI is InChI=1S/C16H19N3O2/c1-16(2)9-14(17)13-6-7-18(15(13)10-16)11-4-3-5-12(8-11)19(20)21/h3-8,14H,9-10,17H2,1-2H3. The molecule has 1 aromatic heterocycles. The number of aromatic nitrogens is 1. The molecule has 0 fully saturated rings. The second-order valence-electron chi connectivity index (χ2n) is 6.52. The second-order valence-corrected chi connectivity index (χ2v) is 6.52. The van der Waals surface area contributed by atoms with Crippen LogP contribution in [-0.2, 0) is 6.42 Å². The van der Waals surface area contributed by atoms with Crippen LogP contribution < -0.4 is 5.73 Å². The Morgan fingerprint density at radius 1 is 1.38 bits per heavy atom. The summed E-state index contributed by atoms with van der Waals surface area (Å²) in [5.41, 5.74) is 9.65. The summed E-state index contributed by atoms with van der Waals surface area (Å²) in [6.45, 7) is 4.42. The lowest BCUT2D eigenvalue weighted by molar-refractivity contribution is -0.384. The van der Waals surface area contributed by atoms with E-state index in [2.05, 4.69) is 13.8 Å². The van der Waals surface area contributed by atoms with Crippen molar-refractivity contribution >= 4 is 5.69 Å². The molecule has 5 nitrogen and oxygen atoms in total. The van der Waals surface area contributed by atoms with Gasteiger partial charge in [-0.15, -0.1) is 0 Å². The van der Waals surface area contributed by atoms with Crippen LogP contribution in [0.25, 0.3) is 5.69 Å². The molecule has 2 N–H and O–H groups in total. The molecule has 0 radical (unpaired) electrons. The number of hydrogen-bond acceptors (Lipinski definition) is 3. The molecule has 1 aliphatic carbocycles. The highest BCUT2D eigenvalue weighted by atomic mass is 16.6. The van der Waals surface area contributed by atoms with E-state index in [1.165, 1.54) is 11.8 Å². The van der Waals surface area contributed by atoms with Crippen molar-refractivity contribution in [1.82, 2.24) is 4.57 Å². The van der Waals surface area contributed by atoms with Crippen molar-refractivity contribution in [3.8, 4) is 5.69 Å². The average molecular weight is 285 g/mol. The highest BCUT2D eigenvalue weighted by molar-refractivity contribution is 5.46. The second kappa shape index (κ2) is 4.70. The molecule has 1 aromatic carbocycles. The predicted molar refractivity (Wildman–Crippen MR) is 81.5 cm³/mol. The molecular formula is C16H19N3O2. The molecule has 5 heteroatoms. The van der Waals surface area contributed by atoms with Gasteiger partial charge in [0.1, 0.15) is 0 Å². The van der Waals surface area contributed by atoms with E-state index in [1.807, 2.05) is 22.9 Å².